The zero-order valence-electron chi connectivity index (χ0n) is 21.8. The first-order valence-corrected chi connectivity index (χ1v) is 15.3. The molecule has 1 unspecified atom stereocenters. The van der Waals surface area contributed by atoms with Gasteiger partial charge in [0.05, 0.1) is 33.9 Å². The molecule has 0 aromatic heterocycles. The van der Waals surface area contributed by atoms with Crippen molar-refractivity contribution in [3.8, 4) is 11.5 Å². The lowest BCUT2D eigenvalue weighted by atomic mass is 9.92. The van der Waals surface area contributed by atoms with Gasteiger partial charge in [0.25, 0.3) is 5.91 Å². The molecule has 3 aliphatic rings. The molecule has 0 aliphatic carbocycles. The summed E-state index contributed by atoms with van der Waals surface area (Å²) in [5.74, 6) is 1.39. The minimum Gasteiger partial charge on any atom is -0.457 e. The van der Waals surface area contributed by atoms with Crippen molar-refractivity contribution in [1.82, 2.24) is 10.2 Å². The van der Waals surface area contributed by atoms with Crippen LogP contribution in [0.1, 0.15) is 28.8 Å². The van der Waals surface area contributed by atoms with E-state index in [1.54, 1.807) is 0 Å². The van der Waals surface area contributed by atoms with Gasteiger partial charge in [0.1, 0.15) is 11.5 Å². The van der Waals surface area contributed by atoms with Gasteiger partial charge in [-0.2, -0.15) is 0 Å². The Kier molecular flexibility index (Phi) is 8.15. The molecule has 8 heteroatoms. The summed E-state index contributed by atoms with van der Waals surface area (Å²) < 4.78 is 8.15. The molecule has 0 bridgehead atoms. The van der Waals surface area contributed by atoms with Crippen molar-refractivity contribution in [2.24, 2.45) is 15.9 Å². The molecule has 1 atom stereocenters. The van der Waals surface area contributed by atoms with Crippen molar-refractivity contribution in [2.45, 2.75) is 18.9 Å². The first kappa shape index (κ1) is 27.0. The Morgan fingerprint density at radius 2 is 1.70 bits per heavy atom. The molecule has 0 spiro atoms. The van der Waals surface area contributed by atoms with Crippen molar-refractivity contribution in [2.75, 3.05) is 19.6 Å². The molecule has 1 fully saturated rings. The maximum absolute atomic E-state index is 13.5. The van der Waals surface area contributed by atoms with Gasteiger partial charge in [-0.3, -0.25) is 14.8 Å². The van der Waals surface area contributed by atoms with Crippen LogP contribution in [0.15, 0.2) is 111 Å². The fourth-order valence-corrected chi connectivity index (χ4v) is 6.45. The van der Waals surface area contributed by atoms with E-state index in [0.29, 0.717) is 36.7 Å². The molecule has 3 aromatic rings. The third-order valence-corrected chi connectivity index (χ3v) is 8.92. The number of amides is 1. The van der Waals surface area contributed by atoms with Gasteiger partial charge < -0.3 is 15.0 Å². The summed E-state index contributed by atoms with van der Waals surface area (Å²) in [5.41, 5.74) is 4.81. The maximum atomic E-state index is 13.5. The predicted octanol–water partition coefficient (Wildman–Crippen LogP) is 6.97. The van der Waals surface area contributed by atoms with Gasteiger partial charge >= 0.3 is 0 Å². The normalized spacial score (nSPS) is 19.1. The van der Waals surface area contributed by atoms with E-state index in [1.807, 2.05) is 71.8 Å². The summed E-state index contributed by atoms with van der Waals surface area (Å²) in [6, 6.07) is 25.6. The Labute approximate surface area is 256 Å². The zero-order valence-corrected chi connectivity index (χ0v) is 25.5. The molecule has 202 valence electrons. The quantitative estimate of drug-likeness (QED) is 0.282. The highest BCUT2D eigenvalue weighted by Gasteiger charge is 2.32. The van der Waals surface area contributed by atoms with Crippen LogP contribution in [0.25, 0.3) is 0 Å². The SMILES string of the molecule is O=C(c1ccccc1Oc1ccccc1)N1CCC(NC2=CC(c3ccccc3I)=NC3=C(Br)C=NCC23)CC1. The van der Waals surface area contributed by atoms with Crippen LogP contribution in [0.4, 0.5) is 0 Å². The monoisotopic (exact) mass is 706 g/mol. The number of fused-ring (bicyclic) bond motifs is 1. The van der Waals surface area contributed by atoms with Gasteiger partial charge in [-0.05, 0) is 87.8 Å². The molecule has 6 rings (SSSR count). The van der Waals surface area contributed by atoms with Crippen molar-refractivity contribution in [3.63, 3.8) is 0 Å². The first-order valence-electron chi connectivity index (χ1n) is 13.4. The summed E-state index contributed by atoms with van der Waals surface area (Å²) in [6.45, 7) is 2.02. The van der Waals surface area contributed by atoms with Gasteiger partial charge in [-0.25, -0.2) is 0 Å². The number of nitrogens with one attached hydrogen (secondary N) is 1. The van der Waals surface area contributed by atoms with E-state index in [1.165, 1.54) is 0 Å². The summed E-state index contributed by atoms with van der Waals surface area (Å²) in [7, 11) is 0. The number of likely N-dealkylation sites (tertiary alicyclic amines) is 1. The number of ether oxygens (including phenoxy) is 1. The number of carbonyl (C=O) groups is 1. The van der Waals surface area contributed by atoms with Gasteiger partial charge in [-0.15, -0.1) is 0 Å². The van der Waals surface area contributed by atoms with Crippen molar-refractivity contribution >= 4 is 56.4 Å². The van der Waals surface area contributed by atoms with E-state index in [0.717, 1.165) is 43.6 Å². The molecular weight excluding hydrogens is 679 g/mol. The van der Waals surface area contributed by atoms with Crippen molar-refractivity contribution < 1.29 is 9.53 Å². The number of halogens is 2. The number of allylic oxidation sites excluding steroid dienone is 2. The Balaban J connectivity index is 1.16. The Bertz CT molecular complexity index is 1540. The lowest BCUT2D eigenvalue weighted by Crippen LogP contribution is -2.46. The van der Waals surface area contributed by atoms with Gasteiger partial charge in [0.15, 0.2) is 0 Å². The second-order valence-corrected chi connectivity index (χ2v) is 12.0. The fourth-order valence-electron chi connectivity index (χ4n) is 5.27. The molecule has 3 heterocycles. The van der Waals surface area contributed by atoms with Gasteiger partial charge in [0, 0.05) is 40.2 Å². The van der Waals surface area contributed by atoms with E-state index in [9.17, 15) is 4.79 Å². The van der Waals surface area contributed by atoms with Crippen LogP contribution in [-0.4, -0.2) is 48.4 Å². The van der Waals surface area contributed by atoms with E-state index in [-0.39, 0.29) is 17.9 Å². The lowest BCUT2D eigenvalue weighted by Gasteiger charge is -2.36. The highest BCUT2D eigenvalue weighted by molar-refractivity contribution is 14.1. The van der Waals surface area contributed by atoms with E-state index in [2.05, 4.69) is 73.1 Å². The van der Waals surface area contributed by atoms with Crippen molar-refractivity contribution in [3.05, 3.63) is 116 Å². The zero-order chi connectivity index (χ0) is 27.5. The number of nitrogens with zero attached hydrogens (tertiary/aromatic N) is 3. The fraction of sp³-hybridized carbons (Fsp3) is 0.219. The molecule has 40 heavy (non-hydrogen) atoms. The summed E-state index contributed by atoms with van der Waals surface area (Å²) in [5, 5.41) is 3.83. The highest BCUT2D eigenvalue weighted by atomic mass is 127. The average molecular weight is 707 g/mol. The van der Waals surface area contributed by atoms with Crippen LogP contribution in [0, 0.1) is 9.49 Å². The van der Waals surface area contributed by atoms with Gasteiger partial charge in [0.2, 0.25) is 0 Å². The molecule has 6 nitrogen and oxygen atoms in total. The second kappa shape index (κ2) is 12.1. The Morgan fingerprint density at radius 3 is 2.50 bits per heavy atom. The number of hydrogen-bond donors (Lipinski definition) is 1. The van der Waals surface area contributed by atoms with E-state index in [4.69, 9.17) is 9.73 Å². The predicted molar refractivity (Wildman–Crippen MR) is 172 cm³/mol. The third-order valence-electron chi connectivity index (χ3n) is 7.37. The Hall–Kier alpha value is -3.24. The molecule has 3 aromatic carbocycles. The second-order valence-electron chi connectivity index (χ2n) is 9.98. The number of dihydropyridines is 2. The number of piperidine rings is 1. The highest BCUT2D eigenvalue weighted by Crippen LogP contribution is 2.34. The average Bonchev–Trinajstić information content (AvgIpc) is 2.99. The minimum atomic E-state index is 0.00528. The van der Waals surface area contributed by atoms with Crippen LogP contribution in [0.3, 0.4) is 0 Å². The van der Waals surface area contributed by atoms with Gasteiger partial charge in [-0.1, -0.05) is 48.5 Å². The number of rotatable bonds is 6. The maximum Gasteiger partial charge on any atom is 0.257 e. The van der Waals surface area contributed by atoms with Crippen LogP contribution in [0.5, 0.6) is 11.5 Å². The van der Waals surface area contributed by atoms with Crippen LogP contribution >= 0.6 is 38.5 Å². The smallest absolute Gasteiger partial charge is 0.257 e. The lowest BCUT2D eigenvalue weighted by molar-refractivity contribution is 0.0705. The van der Waals surface area contributed by atoms with E-state index < -0.39 is 0 Å². The van der Waals surface area contributed by atoms with Crippen LogP contribution in [0.2, 0.25) is 0 Å². The largest absolute Gasteiger partial charge is 0.457 e. The first-order chi connectivity index (χ1) is 19.6. The van der Waals surface area contributed by atoms with Crippen LogP contribution < -0.4 is 10.1 Å². The topological polar surface area (TPSA) is 66.3 Å². The molecule has 1 saturated heterocycles. The Morgan fingerprint density at radius 1 is 0.975 bits per heavy atom. The summed E-state index contributed by atoms with van der Waals surface area (Å²) >= 11 is 6.05. The standard InChI is InChI=1S/C32H28BrIN4O2/c33-26-20-35-19-25-29(18-28(37-31(25)26)23-10-4-6-12-27(23)34)36-21-14-16-38(17-15-21)32(39)24-11-5-7-13-30(24)40-22-8-2-1-3-9-22/h1-13,18,20-21,25,36H,14-17,19H2. The summed E-state index contributed by atoms with van der Waals surface area (Å²) in [4.78, 5) is 25.1. The number of hydrogen-bond acceptors (Lipinski definition) is 5. The molecule has 3 aliphatic heterocycles. The van der Waals surface area contributed by atoms with E-state index >= 15 is 0 Å². The molecule has 1 amide bonds. The summed E-state index contributed by atoms with van der Waals surface area (Å²) in [6.07, 6.45) is 5.75. The molecule has 0 saturated carbocycles. The molecule has 1 N–H and O–H groups in total. The number of carbonyl (C=O) groups excluding carboxylic acids is 1. The number of benzene rings is 3. The number of para-hydroxylation sites is 2. The number of aliphatic imine (C=N–C) groups is 2. The minimum absolute atomic E-state index is 0.00528. The molecular formula is C32H28BrIN4O2. The van der Waals surface area contributed by atoms with Crippen LogP contribution in [-0.2, 0) is 0 Å². The van der Waals surface area contributed by atoms with Crippen molar-refractivity contribution in [1.29, 1.82) is 0 Å². The molecule has 0 radical (unpaired) electrons. The third kappa shape index (κ3) is 5.78.